The number of rotatable bonds is 11. The molecule has 1 unspecified atom stereocenters. The van der Waals surface area contributed by atoms with Crippen LogP contribution in [-0.2, 0) is 41.6 Å². The summed E-state index contributed by atoms with van der Waals surface area (Å²) in [5.74, 6) is -3.40. The van der Waals surface area contributed by atoms with Gasteiger partial charge >= 0.3 is 5.97 Å². The van der Waals surface area contributed by atoms with Gasteiger partial charge in [0.15, 0.2) is 0 Å². The zero-order valence-corrected chi connectivity index (χ0v) is 25.7. The normalized spacial score (nSPS) is 23.7. The number of carbonyl (C=O) groups excluding carboxylic acids is 5. The number of ketones is 1. The Hall–Kier alpha value is -3.49. The molecule has 42 heavy (non-hydrogen) atoms. The van der Waals surface area contributed by atoms with E-state index >= 15 is 0 Å². The van der Waals surface area contributed by atoms with Gasteiger partial charge in [0.2, 0.25) is 17.6 Å². The summed E-state index contributed by atoms with van der Waals surface area (Å²) in [5, 5.41) is 5.26. The zero-order valence-electron chi connectivity index (χ0n) is 25.7. The van der Waals surface area contributed by atoms with E-state index in [2.05, 4.69) is 43.2 Å². The van der Waals surface area contributed by atoms with Crippen molar-refractivity contribution in [1.29, 1.82) is 0 Å². The maximum Gasteiger partial charge on any atom is 0.307 e. The zero-order chi connectivity index (χ0) is 31.0. The van der Waals surface area contributed by atoms with Gasteiger partial charge < -0.3 is 20.3 Å². The number of piperidine rings is 1. The summed E-state index contributed by atoms with van der Waals surface area (Å²) >= 11 is 0. The summed E-state index contributed by atoms with van der Waals surface area (Å²) < 4.78 is 5.63. The van der Waals surface area contributed by atoms with Gasteiger partial charge in [0, 0.05) is 13.1 Å². The second kappa shape index (κ2) is 12.0. The Morgan fingerprint density at radius 1 is 1.12 bits per heavy atom. The lowest BCUT2D eigenvalue weighted by molar-refractivity contribution is -0.160. The van der Waals surface area contributed by atoms with Crippen molar-refractivity contribution in [1.82, 2.24) is 15.5 Å². The molecule has 1 heterocycles. The molecule has 0 radical (unpaired) electrons. The highest BCUT2D eigenvalue weighted by Crippen LogP contribution is 2.65. The molecule has 3 amide bonds. The van der Waals surface area contributed by atoms with Crippen LogP contribution in [0, 0.1) is 29.1 Å². The van der Waals surface area contributed by atoms with Crippen molar-refractivity contribution in [2.75, 3.05) is 13.1 Å². The van der Waals surface area contributed by atoms with Gasteiger partial charge in [-0.15, -0.1) is 6.58 Å². The van der Waals surface area contributed by atoms with Crippen molar-refractivity contribution < 1.29 is 28.7 Å². The number of likely N-dealkylation sites (N-methyl/N-ethyl adjacent to an activating group) is 1. The molecule has 2 N–H and O–H groups in total. The van der Waals surface area contributed by atoms with E-state index in [1.165, 1.54) is 17.2 Å². The molecule has 0 bridgehead atoms. The molecule has 3 aliphatic rings. The van der Waals surface area contributed by atoms with E-state index < -0.39 is 47.2 Å². The first-order chi connectivity index (χ1) is 19.7. The average molecular weight is 580 g/mol. The van der Waals surface area contributed by atoms with Crippen molar-refractivity contribution >= 4 is 29.5 Å². The van der Waals surface area contributed by atoms with Gasteiger partial charge in [-0.2, -0.15) is 0 Å². The minimum Gasteiger partial charge on any atom is -0.460 e. The summed E-state index contributed by atoms with van der Waals surface area (Å²) in [6.07, 6.45) is 2.83. The summed E-state index contributed by atoms with van der Waals surface area (Å²) in [5.41, 5.74) is 1.49. The number of carbonyl (C=O) groups is 5. The quantitative estimate of drug-likeness (QED) is 0.236. The largest absolute Gasteiger partial charge is 0.460 e. The fourth-order valence-corrected chi connectivity index (χ4v) is 6.98. The molecular weight excluding hydrogens is 534 g/mol. The van der Waals surface area contributed by atoms with Crippen LogP contribution in [0.5, 0.6) is 0 Å². The molecule has 1 saturated heterocycles. The maximum absolute atomic E-state index is 14.4. The van der Waals surface area contributed by atoms with Gasteiger partial charge in [-0.25, -0.2) is 0 Å². The maximum atomic E-state index is 14.4. The smallest absolute Gasteiger partial charge is 0.307 e. The highest BCUT2D eigenvalue weighted by molar-refractivity contribution is 6.38. The lowest BCUT2D eigenvalue weighted by Gasteiger charge is -2.35. The van der Waals surface area contributed by atoms with Crippen LogP contribution >= 0.6 is 0 Å². The standard InChI is InChI=1S/C33H45N3O6/c1-8-12-24(28(38)30(40)34-9-2)35-29(39)27-26-23(33(26,6)7)18-36(27)31(41)22(17-25(37)42-32(3,4)5)21-15-19-13-10-11-14-20(19)16-21/h8,10-11,13-14,21-24,26-27H,1,9,12,15-18H2,2-7H3,(H,34,40)(H,35,39)/t22-,23+,24?,26+,27-/m0/s1. The predicted octanol–water partition coefficient (Wildman–Crippen LogP) is 3.00. The molecule has 0 spiro atoms. The van der Waals surface area contributed by atoms with Crippen LogP contribution in [0.1, 0.15) is 65.5 Å². The number of esters is 1. The minimum atomic E-state index is -1.08. The molecule has 0 aromatic heterocycles. The van der Waals surface area contributed by atoms with Crippen molar-refractivity contribution in [3.05, 3.63) is 48.0 Å². The Morgan fingerprint density at radius 3 is 2.29 bits per heavy atom. The highest BCUT2D eigenvalue weighted by Gasteiger charge is 2.69. The van der Waals surface area contributed by atoms with Gasteiger partial charge in [0.05, 0.1) is 12.3 Å². The van der Waals surface area contributed by atoms with Gasteiger partial charge in [0.1, 0.15) is 17.7 Å². The molecule has 228 valence electrons. The monoisotopic (exact) mass is 579 g/mol. The Kier molecular flexibility index (Phi) is 9.00. The van der Waals surface area contributed by atoms with Crippen LogP contribution in [0.15, 0.2) is 36.9 Å². The number of nitrogens with one attached hydrogen (secondary N) is 2. The van der Waals surface area contributed by atoms with Crippen molar-refractivity contribution in [3.63, 3.8) is 0 Å². The van der Waals surface area contributed by atoms with E-state index in [4.69, 9.17) is 4.74 Å². The number of Topliss-reactive ketones (excluding diaryl/α,β-unsaturated/α-hetero) is 1. The molecule has 9 heteroatoms. The van der Waals surface area contributed by atoms with E-state index in [1.54, 1.807) is 32.6 Å². The van der Waals surface area contributed by atoms with Gasteiger partial charge in [-0.3, -0.25) is 24.0 Å². The van der Waals surface area contributed by atoms with Crippen LogP contribution in [-0.4, -0.2) is 65.1 Å². The minimum absolute atomic E-state index is 0.0763. The third kappa shape index (κ3) is 6.45. The number of fused-ring (bicyclic) bond motifs is 2. The van der Waals surface area contributed by atoms with Gasteiger partial charge in [-0.05, 0) is 81.3 Å². The number of nitrogens with zero attached hydrogens (tertiary/aromatic N) is 1. The molecule has 5 atom stereocenters. The molecular formula is C33H45N3O6. The predicted molar refractivity (Wildman–Crippen MR) is 158 cm³/mol. The molecule has 2 fully saturated rings. The first kappa shape index (κ1) is 31.4. The second-order valence-corrected chi connectivity index (χ2v) is 13.5. The van der Waals surface area contributed by atoms with E-state index in [1.807, 2.05) is 12.1 Å². The highest BCUT2D eigenvalue weighted by atomic mass is 16.6. The van der Waals surface area contributed by atoms with Crippen LogP contribution in [0.4, 0.5) is 0 Å². The topological polar surface area (TPSA) is 122 Å². The fraction of sp³-hybridized carbons (Fsp3) is 0.606. The third-order valence-electron chi connectivity index (χ3n) is 9.13. The van der Waals surface area contributed by atoms with E-state index in [-0.39, 0.29) is 48.5 Å². The SMILES string of the molecule is C=CCC(NC(=O)[C@@H]1[C@H]2[C@@H](CN1C(=O)[C@@H](CC(=O)OC(C)(C)C)C1Cc3ccccc3C1)C2(C)C)C(=O)C(=O)NCC. The number of benzene rings is 1. The number of likely N-dealkylation sites (tertiary alicyclic amines) is 1. The molecule has 4 rings (SSSR count). The molecule has 1 aromatic carbocycles. The van der Waals surface area contributed by atoms with Crippen LogP contribution < -0.4 is 10.6 Å². The summed E-state index contributed by atoms with van der Waals surface area (Å²) in [4.78, 5) is 68.1. The first-order valence-corrected chi connectivity index (χ1v) is 15.0. The third-order valence-corrected chi connectivity index (χ3v) is 9.13. The Labute approximate surface area is 248 Å². The number of hydrogen-bond acceptors (Lipinski definition) is 6. The van der Waals surface area contributed by atoms with Gasteiger partial charge in [-0.1, -0.05) is 44.2 Å². The molecule has 9 nitrogen and oxygen atoms in total. The Morgan fingerprint density at radius 2 is 1.74 bits per heavy atom. The van der Waals surface area contributed by atoms with Crippen LogP contribution in [0.25, 0.3) is 0 Å². The lowest BCUT2D eigenvalue weighted by Crippen LogP contribution is -2.56. The molecule has 1 saturated carbocycles. The van der Waals surface area contributed by atoms with Gasteiger partial charge in [0.25, 0.3) is 5.91 Å². The summed E-state index contributed by atoms with van der Waals surface area (Å²) in [6, 6.07) is 6.17. The second-order valence-electron chi connectivity index (χ2n) is 13.5. The molecule has 1 aromatic rings. The molecule has 1 aliphatic heterocycles. The van der Waals surface area contributed by atoms with Crippen molar-refractivity contribution in [2.45, 2.75) is 84.9 Å². The Bertz CT molecular complexity index is 1240. The van der Waals surface area contributed by atoms with E-state index in [0.717, 1.165) is 0 Å². The van der Waals surface area contributed by atoms with E-state index in [9.17, 15) is 24.0 Å². The number of ether oxygens (including phenoxy) is 1. The summed E-state index contributed by atoms with van der Waals surface area (Å²) in [6.45, 7) is 15.6. The number of amides is 3. The molecule has 2 aliphatic carbocycles. The Balaban J connectivity index is 1.60. The summed E-state index contributed by atoms with van der Waals surface area (Å²) in [7, 11) is 0. The lowest BCUT2D eigenvalue weighted by atomic mass is 9.85. The van der Waals surface area contributed by atoms with Crippen LogP contribution in [0.3, 0.4) is 0 Å². The van der Waals surface area contributed by atoms with Crippen LogP contribution in [0.2, 0.25) is 0 Å². The fourth-order valence-electron chi connectivity index (χ4n) is 6.98. The van der Waals surface area contributed by atoms with Crippen molar-refractivity contribution in [2.24, 2.45) is 29.1 Å². The van der Waals surface area contributed by atoms with E-state index in [0.29, 0.717) is 19.4 Å². The average Bonchev–Trinajstić information content (AvgIpc) is 3.28. The van der Waals surface area contributed by atoms with Crippen molar-refractivity contribution in [3.8, 4) is 0 Å². The first-order valence-electron chi connectivity index (χ1n) is 15.0. The number of hydrogen-bond donors (Lipinski definition) is 2.